The van der Waals surface area contributed by atoms with E-state index in [1.54, 1.807) is 12.1 Å². The van der Waals surface area contributed by atoms with E-state index in [0.717, 1.165) is 18.4 Å². The highest BCUT2D eigenvalue weighted by Gasteiger charge is 2.34. The maximum Gasteiger partial charge on any atom is 0.226 e. The van der Waals surface area contributed by atoms with Crippen LogP contribution in [-0.4, -0.2) is 17.1 Å². The van der Waals surface area contributed by atoms with E-state index in [0.29, 0.717) is 6.42 Å². The van der Waals surface area contributed by atoms with Gasteiger partial charge in [-0.2, -0.15) is 0 Å². The second-order valence-corrected chi connectivity index (χ2v) is 5.73. The SMILES string of the molecule is CC(C)(NC(=O)C1CCCC1O)c1ccc(F)cc1. The van der Waals surface area contributed by atoms with Crippen molar-refractivity contribution in [2.24, 2.45) is 5.92 Å². The third-order valence-corrected chi connectivity index (χ3v) is 3.82. The van der Waals surface area contributed by atoms with Crippen LogP contribution in [-0.2, 0) is 10.3 Å². The molecule has 1 aliphatic carbocycles. The molecule has 1 amide bonds. The fourth-order valence-electron chi connectivity index (χ4n) is 2.59. The van der Waals surface area contributed by atoms with Gasteiger partial charge in [0.25, 0.3) is 0 Å². The van der Waals surface area contributed by atoms with Gasteiger partial charge in [-0.15, -0.1) is 0 Å². The van der Waals surface area contributed by atoms with Gasteiger partial charge >= 0.3 is 0 Å². The molecule has 2 N–H and O–H groups in total. The van der Waals surface area contributed by atoms with Crippen molar-refractivity contribution in [1.29, 1.82) is 0 Å². The third-order valence-electron chi connectivity index (χ3n) is 3.82. The predicted molar refractivity (Wildman–Crippen MR) is 70.9 cm³/mol. The van der Waals surface area contributed by atoms with E-state index in [1.165, 1.54) is 12.1 Å². The van der Waals surface area contributed by atoms with Crippen molar-refractivity contribution in [2.75, 3.05) is 0 Å². The number of benzene rings is 1. The molecule has 19 heavy (non-hydrogen) atoms. The van der Waals surface area contributed by atoms with Crippen LogP contribution >= 0.6 is 0 Å². The van der Waals surface area contributed by atoms with Crippen molar-refractivity contribution >= 4 is 5.91 Å². The van der Waals surface area contributed by atoms with Gasteiger partial charge in [0.1, 0.15) is 5.82 Å². The summed E-state index contributed by atoms with van der Waals surface area (Å²) < 4.78 is 12.9. The molecule has 0 aromatic heterocycles. The van der Waals surface area contributed by atoms with E-state index in [4.69, 9.17) is 0 Å². The molecule has 4 heteroatoms. The van der Waals surface area contributed by atoms with Crippen molar-refractivity contribution in [1.82, 2.24) is 5.32 Å². The number of carbonyl (C=O) groups is 1. The minimum Gasteiger partial charge on any atom is -0.392 e. The number of aliphatic hydroxyl groups excluding tert-OH is 1. The Morgan fingerprint density at radius 3 is 2.47 bits per heavy atom. The standard InChI is InChI=1S/C15H20FNO2/c1-15(2,10-6-8-11(16)9-7-10)17-14(19)12-4-3-5-13(12)18/h6-9,12-13,18H,3-5H2,1-2H3,(H,17,19). The molecule has 2 atom stereocenters. The van der Waals surface area contributed by atoms with Crippen molar-refractivity contribution in [3.05, 3.63) is 35.6 Å². The normalized spacial score (nSPS) is 23.4. The van der Waals surface area contributed by atoms with E-state index in [-0.39, 0.29) is 17.6 Å². The van der Waals surface area contributed by atoms with Crippen LogP contribution in [0.3, 0.4) is 0 Å². The Morgan fingerprint density at radius 1 is 1.32 bits per heavy atom. The van der Waals surface area contributed by atoms with Gasteiger partial charge in [-0.1, -0.05) is 12.1 Å². The predicted octanol–water partition coefficient (Wildman–Crippen LogP) is 2.34. The number of aliphatic hydroxyl groups is 1. The lowest BCUT2D eigenvalue weighted by Crippen LogP contribution is -2.45. The van der Waals surface area contributed by atoms with E-state index in [1.807, 2.05) is 13.8 Å². The topological polar surface area (TPSA) is 49.3 Å². The number of halogens is 1. The second kappa shape index (κ2) is 5.29. The van der Waals surface area contributed by atoms with Gasteiger partial charge in [-0.3, -0.25) is 4.79 Å². The first-order valence-electron chi connectivity index (χ1n) is 6.66. The van der Waals surface area contributed by atoms with Crippen LogP contribution in [0.5, 0.6) is 0 Å². The molecule has 1 aromatic carbocycles. The smallest absolute Gasteiger partial charge is 0.226 e. The van der Waals surface area contributed by atoms with Gasteiger partial charge in [0.15, 0.2) is 0 Å². The number of hydrogen-bond acceptors (Lipinski definition) is 2. The number of rotatable bonds is 3. The first-order valence-corrected chi connectivity index (χ1v) is 6.66. The number of nitrogens with one attached hydrogen (secondary N) is 1. The molecule has 0 heterocycles. The van der Waals surface area contributed by atoms with Crippen LogP contribution < -0.4 is 5.32 Å². The molecule has 104 valence electrons. The largest absolute Gasteiger partial charge is 0.392 e. The van der Waals surface area contributed by atoms with E-state index in [9.17, 15) is 14.3 Å². The summed E-state index contributed by atoms with van der Waals surface area (Å²) in [5.41, 5.74) is 0.266. The first-order chi connectivity index (χ1) is 8.90. The third kappa shape index (κ3) is 3.13. The molecule has 0 bridgehead atoms. The summed E-state index contributed by atoms with van der Waals surface area (Å²) >= 11 is 0. The Bertz CT molecular complexity index is 456. The molecule has 0 radical (unpaired) electrons. The zero-order valence-electron chi connectivity index (χ0n) is 11.3. The molecule has 2 unspecified atom stereocenters. The van der Waals surface area contributed by atoms with Crippen molar-refractivity contribution < 1.29 is 14.3 Å². The zero-order valence-corrected chi connectivity index (χ0v) is 11.3. The molecule has 1 aliphatic rings. The van der Waals surface area contributed by atoms with Crippen LogP contribution in [0.25, 0.3) is 0 Å². The number of hydrogen-bond donors (Lipinski definition) is 2. The lowest BCUT2D eigenvalue weighted by atomic mass is 9.92. The maximum absolute atomic E-state index is 12.9. The molecule has 1 saturated carbocycles. The van der Waals surface area contributed by atoms with Crippen LogP contribution in [0.15, 0.2) is 24.3 Å². The maximum atomic E-state index is 12.9. The highest BCUT2D eigenvalue weighted by Crippen LogP contribution is 2.28. The van der Waals surface area contributed by atoms with Crippen LogP contribution in [0, 0.1) is 11.7 Å². The molecular weight excluding hydrogens is 245 g/mol. The Balaban J connectivity index is 2.08. The van der Waals surface area contributed by atoms with Gasteiger partial charge in [0.05, 0.1) is 17.6 Å². The summed E-state index contributed by atoms with van der Waals surface area (Å²) in [4.78, 5) is 12.2. The molecule has 1 fully saturated rings. The average molecular weight is 265 g/mol. The van der Waals surface area contributed by atoms with Crippen molar-refractivity contribution in [3.8, 4) is 0 Å². The van der Waals surface area contributed by atoms with Crippen LogP contribution in [0.1, 0.15) is 38.7 Å². The molecule has 0 spiro atoms. The van der Waals surface area contributed by atoms with E-state index >= 15 is 0 Å². The summed E-state index contributed by atoms with van der Waals surface area (Å²) in [6.07, 6.45) is 1.77. The van der Waals surface area contributed by atoms with Gasteiger partial charge in [-0.05, 0) is 50.8 Å². The number of carbonyl (C=O) groups excluding carboxylic acids is 1. The Labute approximate surface area is 112 Å². The molecule has 0 saturated heterocycles. The van der Waals surface area contributed by atoms with Crippen molar-refractivity contribution in [2.45, 2.75) is 44.8 Å². The average Bonchev–Trinajstić information content (AvgIpc) is 2.75. The minimum atomic E-state index is -0.576. The minimum absolute atomic E-state index is 0.126. The Hall–Kier alpha value is -1.42. The van der Waals surface area contributed by atoms with Crippen LogP contribution in [0.2, 0.25) is 0 Å². The lowest BCUT2D eigenvalue weighted by molar-refractivity contribution is -0.129. The molecular formula is C15H20FNO2. The lowest BCUT2D eigenvalue weighted by Gasteiger charge is -2.29. The fourth-order valence-corrected chi connectivity index (χ4v) is 2.59. The molecule has 0 aliphatic heterocycles. The van der Waals surface area contributed by atoms with Crippen molar-refractivity contribution in [3.63, 3.8) is 0 Å². The van der Waals surface area contributed by atoms with Gasteiger partial charge in [0, 0.05) is 0 Å². The summed E-state index contributed by atoms with van der Waals surface area (Å²) in [7, 11) is 0. The summed E-state index contributed by atoms with van der Waals surface area (Å²) in [6, 6.07) is 6.10. The second-order valence-electron chi connectivity index (χ2n) is 5.73. The summed E-state index contributed by atoms with van der Waals surface area (Å²) in [5.74, 6) is -0.740. The quantitative estimate of drug-likeness (QED) is 0.881. The first kappa shape index (κ1) is 14.0. The Morgan fingerprint density at radius 2 is 1.95 bits per heavy atom. The zero-order chi connectivity index (χ0) is 14.0. The number of amides is 1. The van der Waals surface area contributed by atoms with E-state index < -0.39 is 11.6 Å². The monoisotopic (exact) mass is 265 g/mol. The van der Waals surface area contributed by atoms with Crippen LogP contribution in [0.4, 0.5) is 4.39 Å². The summed E-state index contributed by atoms with van der Waals surface area (Å²) in [5, 5.41) is 12.7. The van der Waals surface area contributed by atoms with Gasteiger partial charge in [-0.25, -0.2) is 4.39 Å². The van der Waals surface area contributed by atoms with E-state index in [2.05, 4.69) is 5.32 Å². The van der Waals surface area contributed by atoms with Gasteiger partial charge < -0.3 is 10.4 Å². The molecule has 1 aromatic rings. The summed E-state index contributed by atoms with van der Waals surface area (Å²) in [6.45, 7) is 3.75. The highest BCUT2D eigenvalue weighted by molar-refractivity contribution is 5.80. The molecule has 2 rings (SSSR count). The fraction of sp³-hybridized carbons (Fsp3) is 0.533. The Kier molecular flexibility index (Phi) is 3.90. The van der Waals surface area contributed by atoms with Gasteiger partial charge in [0.2, 0.25) is 5.91 Å². The highest BCUT2D eigenvalue weighted by atomic mass is 19.1. The molecule has 3 nitrogen and oxygen atoms in total.